The summed E-state index contributed by atoms with van der Waals surface area (Å²) in [6.07, 6.45) is 1.49. The minimum absolute atomic E-state index is 0.00290. The predicted octanol–water partition coefficient (Wildman–Crippen LogP) is 1.47. The van der Waals surface area contributed by atoms with Gasteiger partial charge in [0.25, 0.3) is 0 Å². The Labute approximate surface area is 143 Å². The molecule has 2 aliphatic rings. The molecule has 3 rings (SSSR count). The van der Waals surface area contributed by atoms with Crippen molar-refractivity contribution in [2.75, 3.05) is 0 Å². The highest BCUT2D eigenvalue weighted by Crippen LogP contribution is 2.38. The van der Waals surface area contributed by atoms with E-state index in [-0.39, 0.29) is 41.5 Å². The largest absolute Gasteiger partial charge is 0.350 e. The van der Waals surface area contributed by atoms with E-state index in [1.165, 1.54) is 0 Å². The van der Waals surface area contributed by atoms with Crippen LogP contribution in [0.1, 0.15) is 39.7 Å². The first-order valence-corrected chi connectivity index (χ1v) is 8.76. The zero-order valence-corrected chi connectivity index (χ0v) is 14.9. The number of rotatable bonds is 4. The third-order valence-electron chi connectivity index (χ3n) is 4.74. The van der Waals surface area contributed by atoms with Gasteiger partial charge < -0.3 is 10.2 Å². The minimum atomic E-state index is -0.337. The molecule has 0 spiro atoms. The first-order valence-electron chi connectivity index (χ1n) is 8.76. The Balaban J connectivity index is 1.77. The molecule has 2 heterocycles. The Kier molecular flexibility index (Phi) is 4.38. The summed E-state index contributed by atoms with van der Waals surface area (Å²) < 4.78 is 0. The van der Waals surface area contributed by atoms with Crippen molar-refractivity contribution in [2.45, 2.75) is 70.2 Å². The zero-order chi connectivity index (χ0) is 17.5. The zero-order valence-electron chi connectivity index (χ0n) is 14.9. The summed E-state index contributed by atoms with van der Waals surface area (Å²) in [6, 6.07) is 9.46. The monoisotopic (exact) mass is 329 g/mol. The van der Waals surface area contributed by atoms with Gasteiger partial charge >= 0.3 is 0 Å². The first-order chi connectivity index (χ1) is 11.3. The van der Waals surface area contributed by atoms with Crippen LogP contribution in [0.5, 0.6) is 0 Å². The fourth-order valence-corrected chi connectivity index (χ4v) is 3.67. The molecule has 24 heavy (non-hydrogen) atoms. The van der Waals surface area contributed by atoms with Gasteiger partial charge in [0, 0.05) is 5.54 Å². The number of amides is 2. The van der Waals surface area contributed by atoms with Crippen LogP contribution in [0.15, 0.2) is 30.3 Å². The number of fused-ring (bicyclic) bond motifs is 1. The van der Waals surface area contributed by atoms with Gasteiger partial charge in [0.05, 0.1) is 18.1 Å². The molecule has 0 bridgehead atoms. The quantitative estimate of drug-likeness (QED) is 0.823. The molecule has 0 radical (unpaired) electrons. The van der Waals surface area contributed by atoms with Crippen molar-refractivity contribution in [3.05, 3.63) is 35.9 Å². The summed E-state index contributed by atoms with van der Waals surface area (Å²) in [5.41, 5.74) is 0.822. The van der Waals surface area contributed by atoms with Gasteiger partial charge in [0.15, 0.2) is 0 Å². The van der Waals surface area contributed by atoms with Gasteiger partial charge in [0.1, 0.15) is 6.04 Å². The molecular weight excluding hydrogens is 302 g/mol. The highest BCUT2D eigenvalue weighted by molar-refractivity contribution is 5.93. The van der Waals surface area contributed by atoms with Gasteiger partial charge in [0.2, 0.25) is 11.8 Å². The summed E-state index contributed by atoms with van der Waals surface area (Å²) in [7, 11) is 0. The van der Waals surface area contributed by atoms with Crippen molar-refractivity contribution in [1.82, 2.24) is 15.5 Å². The second-order valence-electron chi connectivity index (χ2n) is 7.84. The van der Waals surface area contributed by atoms with E-state index < -0.39 is 0 Å². The molecular formula is C19H27N3O2. The second kappa shape index (κ2) is 6.20. The highest BCUT2D eigenvalue weighted by Gasteiger charge is 2.60. The van der Waals surface area contributed by atoms with E-state index in [1.54, 1.807) is 0 Å². The molecule has 2 saturated heterocycles. The van der Waals surface area contributed by atoms with Gasteiger partial charge in [-0.2, -0.15) is 0 Å². The topological polar surface area (TPSA) is 61.2 Å². The van der Waals surface area contributed by atoms with Crippen LogP contribution in [0.25, 0.3) is 0 Å². The maximum absolute atomic E-state index is 12.7. The summed E-state index contributed by atoms with van der Waals surface area (Å²) in [5, 5.41) is 6.38. The van der Waals surface area contributed by atoms with Crippen molar-refractivity contribution in [2.24, 2.45) is 0 Å². The minimum Gasteiger partial charge on any atom is -0.350 e. The number of carbonyl (C=O) groups is 2. The molecule has 130 valence electrons. The van der Waals surface area contributed by atoms with Gasteiger partial charge in [-0.3, -0.25) is 14.9 Å². The Morgan fingerprint density at radius 3 is 2.50 bits per heavy atom. The summed E-state index contributed by atoms with van der Waals surface area (Å²) in [4.78, 5) is 27.3. The Morgan fingerprint density at radius 2 is 1.92 bits per heavy atom. The van der Waals surface area contributed by atoms with E-state index in [4.69, 9.17) is 0 Å². The first kappa shape index (κ1) is 17.0. The average molecular weight is 329 g/mol. The van der Waals surface area contributed by atoms with Crippen LogP contribution in [0, 0.1) is 0 Å². The van der Waals surface area contributed by atoms with Crippen molar-refractivity contribution < 1.29 is 9.59 Å². The Hall–Kier alpha value is -1.88. The average Bonchev–Trinajstić information content (AvgIpc) is 3.24. The SMILES string of the molecule is CC[C@@H]1[C@H]2[C@H](C(=O)NC(C)(C)C)N[C@@H](Cc3ccccc3)C(=O)N21. The molecule has 2 amide bonds. The molecule has 2 N–H and O–H groups in total. The van der Waals surface area contributed by atoms with Crippen molar-refractivity contribution in [3.8, 4) is 0 Å². The summed E-state index contributed by atoms with van der Waals surface area (Å²) in [6.45, 7) is 7.99. The maximum atomic E-state index is 12.7. The van der Waals surface area contributed by atoms with Crippen LogP contribution < -0.4 is 10.6 Å². The van der Waals surface area contributed by atoms with Crippen LogP contribution >= 0.6 is 0 Å². The van der Waals surface area contributed by atoms with Crippen LogP contribution in [0.3, 0.4) is 0 Å². The second-order valence-corrected chi connectivity index (χ2v) is 7.84. The van der Waals surface area contributed by atoms with Crippen LogP contribution in [-0.2, 0) is 16.0 Å². The molecule has 0 aliphatic carbocycles. The molecule has 1 aromatic carbocycles. The number of nitrogens with zero attached hydrogens (tertiary/aromatic N) is 1. The standard InChI is InChI=1S/C19H27N3O2/c1-5-14-16-15(17(23)21-19(2,3)4)20-13(18(24)22(14)16)11-12-9-7-6-8-10-12/h6-10,13-16,20H,5,11H2,1-4H3,(H,21,23)/t13-,14+,15+,16-,22?/m0/s1. The van der Waals surface area contributed by atoms with Crippen molar-refractivity contribution >= 4 is 11.8 Å². The lowest BCUT2D eigenvalue weighted by atomic mass is 9.99. The molecule has 0 saturated carbocycles. The summed E-state index contributed by atoms with van der Waals surface area (Å²) in [5.74, 6) is 0.106. The third-order valence-corrected chi connectivity index (χ3v) is 4.74. The maximum Gasteiger partial charge on any atom is 0.240 e. The predicted molar refractivity (Wildman–Crippen MR) is 93.5 cm³/mol. The van der Waals surface area contributed by atoms with E-state index in [0.717, 1.165) is 12.0 Å². The van der Waals surface area contributed by atoms with Crippen LogP contribution in [0.4, 0.5) is 0 Å². The van der Waals surface area contributed by atoms with Crippen LogP contribution in [0.2, 0.25) is 0 Å². The lowest BCUT2D eigenvalue weighted by Gasteiger charge is -2.31. The molecule has 0 unspecified atom stereocenters. The van der Waals surface area contributed by atoms with Crippen LogP contribution in [-0.4, -0.2) is 46.4 Å². The van der Waals surface area contributed by atoms with Gasteiger partial charge in [-0.05, 0) is 39.2 Å². The normalized spacial score (nSPS) is 29.2. The summed E-state index contributed by atoms with van der Waals surface area (Å²) >= 11 is 0. The van der Waals surface area contributed by atoms with Gasteiger partial charge in [-0.15, -0.1) is 0 Å². The third kappa shape index (κ3) is 3.31. The lowest BCUT2D eigenvalue weighted by Crippen LogP contribution is -2.61. The fraction of sp³-hybridized carbons (Fsp3) is 0.579. The molecule has 2 aliphatic heterocycles. The number of hydrogen-bond donors (Lipinski definition) is 2. The van der Waals surface area contributed by atoms with Crippen molar-refractivity contribution in [1.29, 1.82) is 0 Å². The number of carbonyl (C=O) groups excluding carboxylic acids is 2. The fourth-order valence-electron chi connectivity index (χ4n) is 3.67. The van der Waals surface area contributed by atoms with E-state index in [1.807, 2.05) is 56.0 Å². The number of hydrogen-bond acceptors (Lipinski definition) is 3. The molecule has 1 aromatic rings. The van der Waals surface area contributed by atoms with E-state index in [2.05, 4.69) is 17.6 Å². The van der Waals surface area contributed by atoms with Gasteiger partial charge in [-0.1, -0.05) is 37.3 Å². The smallest absolute Gasteiger partial charge is 0.240 e. The molecule has 4 atom stereocenters. The number of nitrogens with one attached hydrogen (secondary N) is 2. The Bertz CT molecular complexity index is 623. The van der Waals surface area contributed by atoms with Crippen molar-refractivity contribution in [3.63, 3.8) is 0 Å². The molecule has 2 fully saturated rings. The van der Waals surface area contributed by atoms with E-state index in [9.17, 15) is 9.59 Å². The molecule has 5 heteroatoms. The highest BCUT2D eigenvalue weighted by atomic mass is 16.2. The lowest BCUT2D eigenvalue weighted by molar-refractivity contribution is -0.133. The number of benzene rings is 1. The molecule has 5 nitrogen and oxygen atoms in total. The Morgan fingerprint density at radius 1 is 1.25 bits per heavy atom. The van der Waals surface area contributed by atoms with E-state index in [0.29, 0.717) is 6.42 Å². The van der Waals surface area contributed by atoms with Gasteiger partial charge in [-0.25, -0.2) is 0 Å². The van der Waals surface area contributed by atoms with E-state index >= 15 is 0 Å². The number of piperazine rings is 1. The molecule has 0 aromatic heterocycles.